The third kappa shape index (κ3) is 4.05. The quantitative estimate of drug-likeness (QED) is 0.698. The zero-order valence-corrected chi connectivity index (χ0v) is 10.1. The van der Waals surface area contributed by atoms with Gasteiger partial charge in [0.25, 0.3) is 0 Å². The Morgan fingerprint density at radius 1 is 1.29 bits per heavy atom. The Morgan fingerprint density at radius 3 is 2.57 bits per heavy atom. The lowest BCUT2D eigenvalue weighted by atomic mass is 10.3. The third-order valence-corrected chi connectivity index (χ3v) is 2.64. The first-order valence-corrected chi connectivity index (χ1v) is 5.75. The molecule has 0 N–H and O–H groups in total. The number of ether oxygens (including phenoxy) is 1. The van der Waals surface area contributed by atoms with E-state index in [1.165, 1.54) is 4.90 Å². The SMILES string of the molecule is CCOc1cccc(SC(C)(C)C)c1. The molecular formula is C12H18OS. The first-order valence-electron chi connectivity index (χ1n) is 4.93. The average molecular weight is 210 g/mol. The van der Waals surface area contributed by atoms with Crippen molar-refractivity contribution in [2.75, 3.05) is 6.61 Å². The van der Waals surface area contributed by atoms with Gasteiger partial charge in [-0.05, 0) is 25.1 Å². The van der Waals surface area contributed by atoms with Crippen molar-refractivity contribution in [1.29, 1.82) is 0 Å². The molecule has 0 aromatic heterocycles. The van der Waals surface area contributed by atoms with Crippen molar-refractivity contribution in [3.8, 4) is 5.75 Å². The van der Waals surface area contributed by atoms with Crippen LogP contribution in [-0.4, -0.2) is 11.4 Å². The van der Waals surface area contributed by atoms with Crippen molar-refractivity contribution in [2.45, 2.75) is 37.3 Å². The predicted molar refractivity (Wildman–Crippen MR) is 63.2 cm³/mol. The summed E-state index contributed by atoms with van der Waals surface area (Å²) in [5.74, 6) is 0.960. The molecule has 0 amide bonds. The smallest absolute Gasteiger partial charge is 0.120 e. The zero-order chi connectivity index (χ0) is 10.6. The summed E-state index contributed by atoms with van der Waals surface area (Å²) in [7, 11) is 0. The van der Waals surface area contributed by atoms with Gasteiger partial charge in [0.05, 0.1) is 6.61 Å². The zero-order valence-electron chi connectivity index (χ0n) is 9.33. The van der Waals surface area contributed by atoms with Gasteiger partial charge in [0.15, 0.2) is 0 Å². The molecule has 1 nitrogen and oxygen atoms in total. The van der Waals surface area contributed by atoms with E-state index in [0.29, 0.717) is 0 Å². The maximum Gasteiger partial charge on any atom is 0.120 e. The van der Waals surface area contributed by atoms with Crippen molar-refractivity contribution in [3.05, 3.63) is 24.3 Å². The fourth-order valence-electron chi connectivity index (χ4n) is 1.15. The molecule has 0 aliphatic heterocycles. The number of benzene rings is 1. The Balaban J connectivity index is 2.73. The number of hydrogen-bond acceptors (Lipinski definition) is 2. The molecule has 1 aromatic carbocycles. The monoisotopic (exact) mass is 210 g/mol. The molecule has 2 heteroatoms. The van der Waals surface area contributed by atoms with E-state index in [-0.39, 0.29) is 4.75 Å². The van der Waals surface area contributed by atoms with Crippen molar-refractivity contribution < 1.29 is 4.74 Å². The Kier molecular flexibility index (Phi) is 3.87. The Morgan fingerprint density at radius 2 is 2.00 bits per heavy atom. The lowest BCUT2D eigenvalue weighted by Gasteiger charge is -2.17. The van der Waals surface area contributed by atoms with Crippen molar-refractivity contribution >= 4 is 11.8 Å². The minimum absolute atomic E-state index is 0.255. The van der Waals surface area contributed by atoms with Crippen molar-refractivity contribution in [1.82, 2.24) is 0 Å². The van der Waals surface area contributed by atoms with Crippen molar-refractivity contribution in [2.24, 2.45) is 0 Å². The van der Waals surface area contributed by atoms with Crippen LogP contribution in [0, 0.1) is 0 Å². The summed E-state index contributed by atoms with van der Waals surface area (Å²) in [6.07, 6.45) is 0. The van der Waals surface area contributed by atoms with Gasteiger partial charge >= 0.3 is 0 Å². The second-order valence-electron chi connectivity index (χ2n) is 4.12. The molecule has 0 bridgehead atoms. The van der Waals surface area contributed by atoms with E-state index < -0.39 is 0 Å². The van der Waals surface area contributed by atoms with Gasteiger partial charge in [-0.3, -0.25) is 0 Å². The molecule has 0 saturated carbocycles. The third-order valence-electron chi connectivity index (χ3n) is 1.54. The number of rotatable bonds is 3. The summed E-state index contributed by atoms with van der Waals surface area (Å²) in [6.45, 7) is 9.37. The first-order chi connectivity index (χ1) is 6.51. The second kappa shape index (κ2) is 4.74. The van der Waals surface area contributed by atoms with E-state index in [4.69, 9.17) is 4.74 Å². The Bertz CT molecular complexity index is 289. The molecule has 1 rings (SSSR count). The first kappa shape index (κ1) is 11.4. The Labute approximate surface area is 90.9 Å². The summed E-state index contributed by atoms with van der Waals surface area (Å²) in [4.78, 5) is 1.27. The highest BCUT2D eigenvalue weighted by Crippen LogP contribution is 2.33. The minimum atomic E-state index is 0.255. The van der Waals surface area contributed by atoms with Gasteiger partial charge in [-0.2, -0.15) is 0 Å². The summed E-state index contributed by atoms with van der Waals surface area (Å²) in [5.41, 5.74) is 0. The summed E-state index contributed by atoms with van der Waals surface area (Å²) in [5, 5.41) is 0. The molecule has 0 fully saturated rings. The van der Waals surface area contributed by atoms with Gasteiger partial charge in [-0.15, -0.1) is 11.8 Å². The molecule has 14 heavy (non-hydrogen) atoms. The molecule has 0 atom stereocenters. The highest BCUT2D eigenvalue weighted by molar-refractivity contribution is 8.00. The van der Waals surface area contributed by atoms with Crippen molar-refractivity contribution in [3.63, 3.8) is 0 Å². The van der Waals surface area contributed by atoms with Crippen LogP contribution in [0.2, 0.25) is 0 Å². The maximum absolute atomic E-state index is 5.45. The topological polar surface area (TPSA) is 9.23 Å². The van der Waals surface area contributed by atoms with Crippen LogP contribution < -0.4 is 4.74 Å². The van der Waals surface area contributed by atoms with Crippen LogP contribution in [0.25, 0.3) is 0 Å². The van der Waals surface area contributed by atoms with Crippen LogP contribution in [0.3, 0.4) is 0 Å². The van der Waals surface area contributed by atoms with Gasteiger partial charge in [-0.25, -0.2) is 0 Å². The summed E-state index contributed by atoms with van der Waals surface area (Å²) < 4.78 is 5.70. The standard InChI is InChI=1S/C12H18OS/c1-5-13-10-7-6-8-11(9-10)14-12(2,3)4/h6-9H,5H2,1-4H3. The number of hydrogen-bond donors (Lipinski definition) is 0. The molecule has 0 aliphatic carbocycles. The van der Waals surface area contributed by atoms with Gasteiger partial charge in [0, 0.05) is 9.64 Å². The van der Waals surface area contributed by atoms with Gasteiger partial charge in [0.1, 0.15) is 5.75 Å². The van der Waals surface area contributed by atoms with Crippen LogP contribution in [0.1, 0.15) is 27.7 Å². The highest BCUT2D eigenvalue weighted by Gasteiger charge is 2.11. The molecule has 0 unspecified atom stereocenters. The van der Waals surface area contributed by atoms with E-state index in [2.05, 4.69) is 32.9 Å². The normalized spacial score (nSPS) is 11.4. The summed E-state index contributed by atoms with van der Waals surface area (Å²) >= 11 is 1.86. The molecule has 0 radical (unpaired) electrons. The van der Waals surface area contributed by atoms with E-state index in [0.717, 1.165) is 12.4 Å². The minimum Gasteiger partial charge on any atom is -0.494 e. The molecule has 0 heterocycles. The summed E-state index contributed by atoms with van der Waals surface area (Å²) in [6, 6.07) is 8.26. The molecule has 0 aliphatic rings. The van der Waals surface area contributed by atoms with Crippen LogP contribution >= 0.6 is 11.8 Å². The van der Waals surface area contributed by atoms with Crippen LogP contribution in [0.15, 0.2) is 29.2 Å². The fourth-order valence-corrected chi connectivity index (χ4v) is 2.18. The second-order valence-corrected chi connectivity index (χ2v) is 6.02. The van der Waals surface area contributed by atoms with E-state index >= 15 is 0 Å². The fraction of sp³-hybridized carbons (Fsp3) is 0.500. The average Bonchev–Trinajstić information content (AvgIpc) is 2.02. The molecule has 0 spiro atoms. The highest BCUT2D eigenvalue weighted by atomic mass is 32.2. The molecule has 0 saturated heterocycles. The molecular weight excluding hydrogens is 192 g/mol. The maximum atomic E-state index is 5.45. The molecule has 1 aromatic rings. The van der Waals surface area contributed by atoms with E-state index in [9.17, 15) is 0 Å². The van der Waals surface area contributed by atoms with Crippen LogP contribution in [0.5, 0.6) is 5.75 Å². The predicted octanol–water partition coefficient (Wildman–Crippen LogP) is 3.98. The number of thioether (sulfide) groups is 1. The van der Waals surface area contributed by atoms with E-state index in [1.807, 2.05) is 30.8 Å². The van der Waals surface area contributed by atoms with Crippen LogP contribution in [0.4, 0.5) is 0 Å². The Hall–Kier alpha value is -0.630. The van der Waals surface area contributed by atoms with Gasteiger partial charge < -0.3 is 4.74 Å². The lowest BCUT2D eigenvalue weighted by molar-refractivity contribution is 0.339. The van der Waals surface area contributed by atoms with Gasteiger partial charge in [0.2, 0.25) is 0 Å². The van der Waals surface area contributed by atoms with E-state index in [1.54, 1.807) is 0 Å². The van der Waals surface area contributed by atoms with Gasteiger partial charge in [-0.1, -0.05) is 26.8 Å². The lowest BCUT2D eigenvalue weighted by Crippen LogP contribution is -2.06. The largest absolute Gasteiger partial charge is 0.494 e. The van der Waals surface area contributed by atoms with Crippen LogP contribution in [-0.2, 0) is 0 Å². The molecule has 78 valence electrons.